The molecular formula is C22H26F2N4O3. The van der Waals surface area contributed by atoms with Crippen LogP contribution in [0.5, 0.6) is 0 Å². The summed E-state index contributed by atoms with van der Waals surface area (Å²) in [5.74, 6) is -2.27. The number of nitrogens with zero attached hydrogens (tertiary/aromatic N) is 1. The summed E-state index contributed by atoms with van der Waals surface area (Å²) in [6.45, 7) is 4.28. The van der Waals surface area contributed by atoms with E-state index in [1.807, 2.05) is 13.8 Å². The minimum absolute atomic E-state index is 0.0140. The summed E-state index contributed by atoms with van der Waals surface area (Å²) in [6, 6.07) is 2.70. The van der Waals surface area contributed by atoms with Crippen LogP contribution in [0.25, 0.3) is 10.9 Å². The lowest BCUT2D eigenvalue weighted by atomic mass is 9.91. The number of hydrogen-bond donors (Lipinski definition) is 3. The van der Waals surface area contributed by atoms with Crippen molar-refractivity contribution in [2.75, 3.05) is 6.54 Å². The Morgan fingerprint density at radius 1 is 1.26 bits per heavy atom. The van der Waals surface area contributed by atoms with Gasteiger partial charge in [0.1, 0.15) is 17.3 Å². The first kappa shape index (κ1) is 21.3. The van der Waals surface area contributed by atoms with Gasteiger partial charge in [-0.1, -0.05) is 0 Å². The Morgan fingerprint density at radius 3 is 2.71 bits per heavy atom. The summed E-state index contributed by atoms with van der Waals surface area (Å²) in [7, 11) is 0. The monoisotopic (exact) mass is 432 g/mol. The molecule has 7 nitrogen and oxygen atoms in total. The van der Waals surface area contributed by atoms with Gasteiger partial charge in [0, 0.05) is 36.4 Å². The maximum atomic E-state index is 13.9. The fourth-order valence-electron chi connectivity index (χ4n) is 4.79. The van der Waals surface area contributed by atoms with Crippen molar-refractivity contribution in [2.24, 2.45) is 5.92 Å². The van der Waals surface area contributed by atoms with Crippen molar-refractivity contribution in [3.05, 3.63) is 35.5 Å². The molecule has 166 valence electrons. The number of fused-ring (bicyclic) bond motifs is 1. The van der Waals surface area contributed by atoms with E-state index in [0.29, 0.717) is 13.0 Å². The van der Waals surface area contributed by atoms with Crippen molar-refractivity contribution >= 4 is 28.6 Å². The number of aromatic nitrogens is 1. The van der Waals surface area contributed by atoms with Crippen LogP contribution in [0, 0.1) is 17.6 Å². The lowest BCUT2D eigenvalue weighted by Gasteiger charge is -2.35. The summed E-state index contributed by atoms with van der Waals surface area (Å²) in [5.41, 5.74) is -0.000307. The maximum Gasteiger partial charge on any atom is 0.268 e. The van der Waals surface area contributed by atoms with Crippen LogP contribution in [0.1, 0.15) is 50.0 Å². The van der Waals surface area contributed by atoms with E-state index in [2.05, 4.69) is 15.6 Å². The van der Waals surface area contributed by atoms with Gasteiger partial charge in [-0.05, 0) is 51.3 Å². The van der Waals surface area contributed by atoms with E-state index in [9.17, 15) is 23.2 Å². The molecule has 1 aromatic heterocycles. The summed E-state index contributed by atoms with van der Waals surface area (Å²) >= 11 is 0. The Hall–Kier alpha value is -2.97. The third kappa shape index (κ3) is 4.13. The number of piperidine rings is 1. The lowest BCUT2D eigenvalue weighted by Crippen LogP contribution is -2.53. The Bertz CT molecular complexity index is 998. The molecule has 3 N–H and O–H groups in total. The van der Waals surface area contributed by atoms with Crippen LogP contribution < -0.4 is 10.6 Å². The molecule has 0 bridgehead atoms. The third-order valence-electron chi connectivity index (χ3n) is 6.28. The summed E-state index contributed by atoms with van der Waals surface area (Å²) in [5, 5.41) is 5.70. The SMILES string of the molecule is CC(NC(=O)c1cc2c(F)ccc(F)c2[nH]1)[C@@H]1CCCN1C(=O)[C@H]1CC(=O)N[C@@H](C)C1. The zero-order valence-corrected chi connectivity index (χ0v) is 17.5. The van der Waals surface area contributed by atoms with E-state index in [1.165, 1.54) is 6.07 Å². The zero-order valence-electron chi connectivity index (χ0n) is 17.5. The quantitative estimate of drug-likeness (QED) is 0.693. The molecule has 31 heavy (non-hydrogen) atoms. The van der Waals surface area contributed by atoms with Crippen LogP contribution in [0.4, 0.5) is 8.78 Å². The second-order valence-corrected chi connectivity index (χ2v) is 8.61. The van der Waals surface area contributed by atoms with Gasteiger partial charge in [-0.3, -0.25) is 14.4 Å². The first-order chi connectivity index (χ1) is 14.7. The minimum atomic E-state index is -0.637. The Balaban J connectivity index is 1.46. The van der Waals surface area contributed by atoms with E-state index in [4.69, 9.17) is 0 Å². The second-order valence-electron chi connectivity index (χ2n) is 8.61. The number of H-pyrrole nitrogens is 1. The molecule has 4 atom stereocenters. The van der Waals surface area contributed by atoms with Crippen LogP contribution in [0.2, 0.25) is 0 Å². The van der Waals surface area contributed by atoms with Crippen molar-refractivity contribution in [1.29, 1.82) is 0 Å². The topological polar surface area (TPSA) is 94.3 Å². The predicted molar refractivity (Wildman–Crippen MR) is 110 cm³/mol. The van der Waals surface area contributed by atoms with Crippen LogP contribution in [0.3, 0.4) is 0 Å². The zero-order chi connectivity index (χ0) is 22.3. The van der Waals surface area contributed by atoms with Gasteiger partial charge in [0.2, 0.25) is 11.8 Å². The largest absolute Gasteiger partial charge is 0.354 e. The average Bonchev–Trinajstić information content (AvgIpc) is 3.37. The molecule has 3 heterocycles. The molecule has 2 fully saturated rings. The molecule has 0 spiro atoms. The van der Waals surface area contributed by atoms with E-state index >= 15 is 0 Å². The van der Waals surface area contributed by atoms with Gasteiger partial charge in [0.25, 0.3) is 5.91 Å². The highest BCUT2D eigenvalue weighted by Gasteiger charge is 2.39. The standard InChI is InChI=1S/C22H26F2N4O3/c1-11-8-13(9-19(29)25-11)22(31)28-7-3-4-18(28)12(2)26-21(30)17-10-14-15(23)5-6-16(24)20(14)27-17/h5-6,10-13,18,27H,3-4,7-9H2,1-2H3,(H,25,29)(H,26,30)/t11-,12?,13+,18-/m0/s1. The Morgan fingerprint density at radius 2 is 2.00 bits per heavy atom. The third-order valence-corrected chi connectivity index (χ3v) is 6.28. The molecule has 1 unspecified atom stereocenters. The number of aromatic amines is 1. The number of nitrogens with one attached hydrogen (secondary N) is 3. The lowest BCUT2D eigenvalue weighted by molar-refractivity contribution is -0.141. The molecule has 1 aromatic carbocycles. The Labute approximate surface area is 178 Å². The van der Waals surface area contributed by atoms with Crippen molar-refractivity contribution in [3.8, 4) is 0 Å². The fourth-order valence-corrected chi connectivity index (χ4v) is 4.79. The molecular weight excluding hydrogens is 406 g/mol. The number of benzene rings is 1. The van der Waals surface area contributed by atoms with Gasteiger partial charge in [-0.2, -0.15) is 0 Å². The van der Waals surface area contributed by atoms with Crippen molar-refractivity contribution < 1.29 is 23.2 Å². The second kappa shape index (κ2) is 8.28. The van der Waals surface area contributed by atoms with Gasteiger partial charge in [-0.25, -0.2) is 8.78 Å². The molecule has 0 aliphatic carbocycles. The molecule has 2 saturated heterocycles. The number of rotatable bonds is 4. The van der Waals surface area contributed by atoms with E-state index in [-0.39, 0.29) is 58.9 Å². The van der Waals surface area contributed by atoms with E-state index in [0.717, 1.165) is 25.0 Å². The fraction of sp³-hybridized carbons (Fsp3) is 0.500. The first-order valence-electron chi connectivity index (χ1n) is 10.6. The maximum absolute atomic E-state index is 13.9. The molecule has 9 heteroatoms. The minimum Gasteiger partial charge on any atom is -0.354 e. The molecule has 3 amide bonds. The highest BCUT2D eigenvalue weighted by Crippen LogP contribution is 2.27. The number of carbonyl (C=O) groups is 3. The number of carbonyl (C=O) groups excluding carboxylic acids is 3. The molecule has 2 aliphatic rings. The molecule has 0 radical (unpaired) electrons. The smallest absolute Gasteiger partial charge is 0.268 e. The molecule has 4 rings (SSSR count). The van der Waals surface area contributed by atoms with Crippen LogP contribution in [-0.4, -0.2) is 52.3 Å². The normalized spacial score (nSPS) is 24.8. The number of amides is 3. The van der Waals surface area contributed by atoms with Crippen molar-refractivity contribution in [1.82, 2.24) is 20.5 Å². The summed E-state index contributed by atoms with van der Waals surface area (Å²) in [4.78, 5) is 42.1. The van der Waals surface area contributed by atoms with Gasteiger partial charge >= 0.3 is 0 Å². The van der Waals surface area contributed by atoms with Crippen LogP contribution in [-0.2, 0) is 9.59 Å². The molecule has 0 saturated carbocycles. The number of hydrogen-bond acceptors (Lipinski definition) is 3. The highest BCUT2D eigenvalue weighted by molar-refractivity contribution is 5.98. The first-order valence-corrected chi connectivity index (χ1v) is 10.6. The number of halogens is 2. The van der Waals surface area contributed by atoms with Gasteiger partial charge in [0.15, 0.2) is 0 Å². The summed E-state index contributed by atoms with van der Waals surface area (Å²) < 4.78 is 27.9. The highest BCUT2D eigenvalue weighted by atomic mass is 19.1. The average molecular weight is 432 g/mol. The van der Waals surface area contributed by atoms with Crippen LogP contribution in [0.15, 0.2) is 18.2 Å². The van der Waals surface area contributed by atoms with Crippen molar-refractivity contribution in [2.45, 2.75) is 57.7 Å². The van der Waals surface area contributed by atoms with Gasteiger partial charge in [-0.15, -0.1) is 0 Å². The molecule has 2 aromatic rings. The van der Waals surface area contributed by atoms with Crippen molar-refractivity contribution in [3.63, 3.8) is 0 Å². The predicted octanol–water partition coefficient (Wildman–Crippen LogP) is 2.47. The van der Waals surface area contributed by atoms with E-state index in [1.54, 1.807) is 4.90 Å². The molecule has 2 aliphatic heterocycles. The Kier molecular flexibility index (Phi) is 5.68. The van der Waals surface area contributed by atoms with Crippen LogP contribution >= 0.6 is 0 Å². The van der Waals surface area contributed by atoms with Gasteiger partial charge < -0.3 is 20.5 Å². The number of likely N-dealkylation sites (tertiary alicyclic amines) is 1. The van der Waals surface area contributed by atoms with Gasteiger partial charge in [0.05, 0.1) is 11.6 Å². The van der Waals surface area contributed by atoms with E-state index < -0.39 is 17.5 Å². The summed E-state index contributed by atoms with van der Waals surface area (Å²) in [6.07, 6.45) is 2.32.